The molecule has 1 unspecified atom stereocenters. The SMILES string of the molecule is CC[CH]OC(C)COC. The zero-order chi connectivity index (χ0) is 7.11. The van der Waals surface area contributed by atoms with E-state index >= 15 is 0 Å². The molecule has 0 rings (SSSR count). The fraction of sp³-hybridized carbons (Fsp3) is 0.857. The molecule has 0 heterocycles. The molecule has 1 radical (unpaired) electrons. The van der Waals surface area contributed by atoms with Crippen LogP contribution in [0.4, 0.5) is 0 Å². The monoisotopic (exact) mass is 131 g/mol. The van der Waals surface area contributed by atoms with E-state index < -0.39 is 0 Å². The Hall–Kier alpha value is -0.0800. The lowest BCUT2D eigenvalue weighted by Crippen LogP contribution is -2.12. The van der Waals surface area contributed by atoms with E-state index in [2.05, 4.69) is 0 Å². The Labute approximate surface area is 57.2 Å². The molecule has 9 heavy (non-hydrogen) atoms. The lowest BCUT2D eigenvalue weighted by Gasteiger charge is -2.09. The smallest absolute Gasteiger partial charge is 0.0838 e. The summed E-state index contributed by atoms with van der Waals surface area (Å²) in [6.45, 7) is 6.48. The van der Waals surface area contributed by atoms with Gasteiger partial charge in [0, 0.05) is 7.11 Å². The van der Waals surface area contributed by atoms with Crippen LogP contribution < -0.4 is 0 Å². The van der Waals surface area contributed by atoms with Gasteiger partial charge in [-0.25, -0.2) is 0 Å². The highest BCUT2D eigenvalue weighted by molar-refractivity contribution is 4.51. The predicted molar refractivity (Wildman–Crippen MR) is 37.0 cm³/mol. The first kappa shape index (κ1) is 8.92. The van der Waals surface area contributed by atoms with E-state index in [1.807, 2.05) is 13.8 Å². The average molecular weight is 131 g/mol. The fourth-order valence-corrected chi connectivity index (χ4v) is 0.534. The van der Waals surface area contributed by atoms with Crippen molar-refractivity contribution in [2.45, 2.75) is 26.4 Å². The fourth-order valence-electron chi connectivity index (χ4n) is 0.534. The Morgan fingerprint density at radius 2 is 2.22 bits per heavy atom. The standard InChI is InChI=1S/C7H15O2/c1-4-5-9-7(2)6-8-3/h5,7H,4,6H2,1-3H3. The lowest BCUT2D eigenvalue weighted by atomic mass is 10.4. The van der Waals surface area contributed by atoms with Crippen LogP contribution in [0.5, 0.6) is 0 Å². The van der Waals surface area contributed by atoms with Gasteiger partial charge in [-0.2, -0.15) is 0 Å². The number of hydrogen-bond donors (Lipinski definition) is 0. The van der Waals surface area contributed by atoms with Gasteiger partial charge >= 0.3 is 0 Å². The summed E-state index contributed by atoms with van der Waals surface area (Å²) in [6.07, 6.45) is 1.14. The summed E-state index contributed by atoms with van der Waals surface area (Å²) in [5, 5.41) is 0. The molecule has 0 saturated heterocycles. The Morgan fingerprint density at radius 3 is 2.67 bits per heavy atom. The molecule has 2 heteroatoms. The largest absolute Gasteiger partial charge is 0.382 e. The number of ether oxygens (including phenoxy) is 2. The van der Waals surface area contributed by atoms with E-state index in [4.69, 9.17) is 9.47 Å². The molecule has 0 aliphatic heterocycles. The summed E-state index contributed by atoms with van der Waals surface area (Å²) in [5.41, 5.74) is 0. The van der Waals surface area contributed by atoms with Crippen molar-refractivity contribution in [3.8, 4) is 0 Å². The Kier molecular flexibility index (Phi) is 5.99. The Bertz CT molecular complexity index is 54.9. The molecule has 0 aromatic heterocycles. The summed E-state index contributed by atoms with van der Waals surface area (Å²) >= 11 is 0. The quantitative estimate of drug-likeness (QED) is 0.564. The normalized spacial score (nSPS) is 13.7. The summed E-state index contributed by atoms with van der Waals surface area (Å²) in [7, 11) is 1.67. The van der Waals surface area contributed by atoms with Crippen LogP contribution in [0.1, 0.15) is 20.3 Å². The number of hydrogen-bond acceptors (Lipinski definition) is 2. The van der Waals surface area contributed by atoms with Crippen molar-refractivity contribution in [2.24, 2.45) is 0 Å². The topological polar surface area (TPSA) is 18.5 Å². The highest BCUT2D eigenvalue weighted by Crippen LogP contribution is 1.95. The molecule has 0 aliphatic carbocycles. The predicted octanol–water partition coefficient (Wildman–Crippen LogP) is 1.61. The van der Waals surface area contributed by atoms with E-state index in [1.165, 1.54) is 0 Å². The summed E-state index contributed by atoms with van der Waals surface area (Å²) in [6, 6.07) is 0. The third-order valence-corrected chi connectivity index (χ3v) is 0.897. The first-order valence-electron chi connectivity index (χ1n) is 3.27. The minimum absolute atomic E-state index is 0.190. The summed E-state index contributed by atoms with van der Waals surface area (Å²) in [5.74, 6) is 0. The molecule has 1 atom stereocenters. The first-order valence-corrected chi connectivity index (χ1v) is 3.27. The van der Waals surface area contributed by atoms with Gasteiger partial charge in [0.2, 0.25) is 0 Å². The van der Waals surface area contributed by atoms with Gasteiger partial charge in [-0.15, -0.1) is 0 Å². The van der Waals surface area contributed by atoms with Gasteiger partial charge in [0.25, 0.3) is 0 Å². The first-order chi connectivity index (χ1) is 4.31. The van der Waals surface area contributed by atoms with Crippen molar-refractivity contribution >= 4 is 0 Å². The second kappa shape index (κ2) is 6.05. The molecule has 0 amide bonds. The van der Waals surface area contributed by atoms with Crippen LogP contribution in [0.2, 0.25) is 0 Å². The highest BCUT2D eigenvalue weighted by Gasteiger charge is 1.98. The Balaban J connectivity index is 2.95. The minimum atomic E-state index is 0.190. The molecule has 0 spiro atoms. The molecule has 0 N–H and O–H groups in total. The lowest BCUT2D eigenvalue weighted by molar-refractivity contribution is 0.0404. The van der Waals surface area contributed by atoms with Crippen molar-refractivity contribution in [1.82, 2.24) is 0 Å². The molecule has 0 aliphatic rings. The molecule has 0 saturated carbocycles. The van der Waals surface area contributed by atoms with Gasteiger partial charge in [0.05, 0.1) is 19.3 Å². The molecule has 0 aromatic carbocycles. The van der Waals surface area contributed by atoms with Crippen molar-refractivity contribution < 1.29 is 9.47 Å². The van der Waals surface area contributed by atoms with Crippen molar-refractivity contribution in [2.75, 3.05) is 13.7 Å². The van der Waals surface area contributed by atoms with Crippen LogP contribution in [0.25, 0.3) is 0 Å². The number of methoxy groups -OCH3 is 1. The van der Waals surface area contributed by atoms with Crippen molar-refractivity contribution in [3.63, 3.8) is 0 Å². The maximum Gasteiger partial charge on any atom is 0.0838 e. The van der Waals surface area contributed by atoms with E-state index in [1.54, 1.807) is 13.7 Å². The van der Waals surface area contributed by atoms with Crippen LogP contribution in [0.3, 0.4) is 0 Å². The molecule has 55 valence electrons. The third-order valence-electron chi connectivity index (χ3n) is 0.897. The molecular formula is C7H15O2. The van der Waals surface area contributed by atoms with E-state index in [0.29, 0.717) is 6.61 Å². The van der Waals surface area contributed by atoms with E-state index in [0.717, 1.165) is 6.42 Å². The van der Waals surface area contributed by atoms with Gasteiger partial charge in [-0.3, -0.25) is 0 Å². The van der Waals surface area contributed by atoms with Gasteiger partial charge in [0.1, 0.15) is 0 Å². The Morgan fingerprint density at radius 1 is 1.56 bits per heavy atom. The maximum atomic E-state index is 5.18. The molecule has 0 aromatic rings. The molecular weight excluding hydrogens is 116 g/mol. The zero-order valence-corrected chi connectivity index (χ0v) is 6.39. The van der Waals surface area contributed by atoms with Crippen LogP contribution >= 0.6 is 0 Å². The van der Waals surface area contributed by atoms with Crippen LogP contribution in [0.15, 0.2) is 0 Å². The van der Waals surface area contributed by atoms with Crippen molar-refractivity contribution in [3.05, 3.63) is 6.61 Å². The molecule has 0 fully saturated rings. The van der Waals surface area contributed by atoms with Gasteiger partial charge in [-0.1, -0.05) is 6.92 Å². The van der Waals surface area contributed by atoms with Crippen molar-refractivity contribution in [1.29, 1.82) is 0 Å². The van der Waals surface area contributed by atoms with Gasteiger partial charge in [0.15, 0.2) is 0 Å². The summed E-state index contributed by atoms with van der Waals surface area (Å²) in [4.78, 5) is 0. The molecule has 2 nitrogen and oxygen atoms in total. The van der Waals surface area contributed by atoms with Crippen LogP contribution in [-0.4, -0.2) is 19.8 Å². The average Bonchev–Trinajstić information content (AvgIpc) is 1.85. The zero-order valence-electron chi connectivity index (χ0n) is 6.39. The van der Waals surface area contributed by atoms with Crippen LogP contribution in [0, 0.1) is 6.61 Å². The second-order valence-electron chi connectivity index (χ2n) is 1.98. The summed E-state index contributed by atoms with van der Waals surface area (Å²) < 4.78 is 10.0. The minimum Gasteiger partial charge on any atom is -0.382 e. The maximum absolute atomic E-state index is 5.18. The van der Waals surface area contributed by atoms with Gasteiger partial charge < -0.3 is 9.47 Å². The highest BCUT2D eigenvalue weighted by atomic mass is 16.5. The molecule has 0 bridgehead atoms. The van der Waals surface area contributed by atoms with E-state index in [9.17, 15) is 0 Å². The van der Waals surface area contributed by atoms with E-state index in [-0.39, 0.29) is 6.10 Å². The third kappa shape index (κ3) is 5.80. The second-order valence-corrected chi connectivity index (χ2v) is 1.98. The van der Waals surface area contributed by atoms with Crippen LogP contribution in [-0.2, 0) is 9.47 Å². The van der Waals surface area contributed by atoms with Gasteiger partial charge in [-0.05, 0) is 13.3 Å². The number of rotatable bonds is 5.